The van der Waals surface area contributed by atoms with Crippen molar-refractivity contribution < 1.29 is 36.2 Å². The van der Waals surface area contributed by atoms with Gasteiger partial charge in [0.1, 0.15) is 10.6 Å². The van der Waals surface area contributed by atoms with Crippen molar-refractivity contribution in [1.82, 2.24) is 4.31 Å². The van der Waals surface area contributed by atoms with Gasteiger partial charge in [-0.1, -0.05) is 18.5 Å². The lowest BCUT2D eigenvalue weighted by Crippen LogP contribution is -2.45. The average molecular weight is 540 g/mol. The van der Waals surface area contributed by atoms with Gasteiger partial charge in [-0.15, -0.1) is 11.8 Å². The summed E-state index contributed by atoms with van der Waals surface area (Å²) >= 11 is 7.22. The summed E-state index contributed by atoms with van der Waals surface area (Å²) < 4.78 is 72.4. The quantitative estimate of drug-likeness (QED) is 0.292. The number of hydrogen-bond acceptors (Lipinski definition) is 5. The molecule has 0 unspecified atom stereocenters. The molecule has 0 aromatic heterocycles. The third kappa shape index (κ3) is 6.80. The molecule has 34 heavy (non-hydrogen) atoms. The first kappa shape index (κ1) is 28.3. The van der Waals surface area contributed by atoms with Gasteiger partial charge in [0, 0.05) is 11.4 Å². The van der Waals surface area contributed by atoms with Gasteiger partial charge in [-0.05, 0) is 69.2 Å². The zero-order valence-electron chi connectivity index (χ0n) is 18.9. The van der Waals surface area contributed by atoms with Crippen molar-refractivity contribution in [2.75, 3.05) is 13.2 Å². The maximum Gasteiger partial charge on any atom is 0.416 e. The molecular weight excluding hydrogens is 515 g/mol. The van der Waals surface area contributed by atoms with E-state index >= 15 is 0 Å². The van der Waals surface area contributed by atoms with E-state index in [4.69, 9.17) is 21.4 Å². The molecule has 0 radical (unpaired) electrons. The van der Waals surface area contributed by atoms with Crippen molar-refractivity contribution in [3.8, 4) is 5.75 Å². The lowest BCUT2D eigenvalue weighted by atomic mass is 10.2. The Morgan fingerprint density at radius 1 is 1.18 bits per heavy atom. The molecule has 0 aliphatic heterocycles. The number of nitrogens with zero attached hydrogens (tertiary/aromatic N) is 1. The Bertz CT molecular complexity index is 1150. The van der Waals surface area contributed by atoms with Crippen LogP contribution in [0.15, 0.2) is 46.2 Å². The fraction of sp³-hybridized carbons (Fsp3) is 0.409. The molecule has 12 heteroatoms. The molecule has 0 bridgehead atoms. The third-order valence-electron chi connectivity index (χ3n) is 4.72. The first-order valence-electron chi connectivity index (χ1n) is 10.1. The van der Waals surface area contributed by atoms with Gasteiger partial charge in [0.15, 0.2) is 6.61 Å². The maximum absolute atomic E-state index is 13.5. The molecule has 2 aromatic rings. The largest absolute Gasteiger partial charge is 0.482 e. The number of benzene rings is 2. The van der Waals surface area contributed by atoms with Gasteiger partial charge in [-0.2, -0.15) is 17.5 Å². The number of rotatable bonds is 10. The number of thioether (sulfide) groups is 1. The van der Waals surface area contributed by atoms with E-state index in [1.165, 1.54) is 16.1 Å². The fourth-order valence-electron chi connectivity index (χ4n) is 3.21. The summed E-state index contributed by atoms with van der Waals surface area (Å²) in [5, 5.41) is 8.27. The normalized spacial score (nSPS) is 12.7. The fourth-order valence-corrected chi connectivity index (χ4v) is 7.02. The van der Waals surface area contributed by atoms with Crippen LogP contribution in [0.3, 0.4) is 0 Å². The number of carboxylic acid groups (broad SMARTS) is 1. The second-order valence-corrected chi connectivity index (χ2v) is 11.8. The van der Waals surface area contributed by atoms with Crippen molar-refractivity contribution >= 4 is 39.4 Å². The number of aliphatic carboxylic acids is 1. The minimum Gasteiger partial charge on any atom is -0.482 e. The third-order valence-corrected chi connectivity index (χ3v) is 8.60. The molecule has 0 saturated carbocycles. The number of halogens is 4. The Morgan fingerprint density at radius 3 is 2.32 bits per heavy atom. The highest BCUT2D eigenvalue weighted by molar-refractivity contribution is 8.01. The molecule has 0 aliphatic carbocycles. The van der Waals surface area contributed by atoms with E-state index in [1.807, 2.05) is 0 Å². The number of carbonyl (C=O) groups is 1. The van der Waals surface area contributed by atoms with Crippen LogP contribution in [0.1, 0.15) is 38.3 Å². The Labute approximate surface area is 206 Å². The highest BCUT2D eigenvalue weighted by Gasteiger charge is 2.39. The van der Waals surface area contributed by atoms with Gasteiger partial charge in [-0.25, -0.2) is 13.2 Å². The predicted octanol–water partition coefficient (Wildman–Crippen LogP) is 6.06. The maximum atomic E-state index is 13.5. The van der Waals surface area contributed by atoms with Crippen molar-refractivity contribution in [3.05, 3.63) is 52.5 Å². The molecule has 6 nitrogen and oxygen atoms in total. The van der Waals surface area contributed by atoms with Crippen molar-refractivity contribution in [2.45, 2.75) is 55.0 Å². The SMILES string of the molecule is CCCN(C(C)(C)Sc1ccc(OCC(=O)O)c(C)c1)S(=O)(=O)c1ccc(C(F)(F)F)cc1Cl. The van der Waals surface area contributed by atoms with Gasteiger partial charge in [-0.3, -0.25) is 0 Å². The first-order chi connectivity index (χ1) is 15.6. The van der Waals surface area contributed by atoms with Crippen LogP contribution in [-0.2, 0) is 21.0 Å². The lowest BCUT2D eigenvalue weighted by Gasteiger charge is -2.37. The topological polar surface area (TPSA) is 83.9 Å². The molecule has 188 valence electrons. The van der Waals surface area contributed by atoms with Crippen molar-refractivity contribution in [3.63, 3.8) is 0 Å². The highest BCUT2D eigenvalue weighted by Crippen LogP contribution is 2.41. The van der Waals surface area contributed by atoms with E-state index in [0.29, 0.717) is 34.8 Å². The number of aryl methyl sites for hydroxylation is 1. The lowest BCUT2D eigenvalue weighted by molar-refractivity contribution is -0.139. The molecule has 0 fully saturated rings. The summed E-state index contributed by atoms with van der Waals surface area (Å²) in [7, 11) is -4.25. The van der Waals surface area contributed by atoms with Crippen LogP contribution in [0.4, 0.5) is 13.2 Å². The zero-order valence-corrected chi connectivity index (χ0v) is 21.3. The number of sulfonamides is 1. The van der Waals surface area contributed by atoms with Gasteiger partial charge >= 0.3 is 12.1 Å². The van der Waals surface area contributed by atoms with Gasteiger partial charge in [0.2, 0.25) is 10.0 Å². The second-order valence-electron chi connectivity index (χ2n) is 7.88. The van der Waals surface area contributed by atoms with E-state index in [9.17, 15) is 26.4 Å². The van der Waals surface area contributed by atoms with E-state index in [1.54, 1.807) is 45.9 Å². The molecule has 0 amide bonds. The van der Waals surface area contributed by atoms with Crippen LogP contribution in [-0.4, -0.2) is 41.8 Å². The molecule has 0 spiro atoms. The molecule has 2 aromatic carbocycles. The van der Waals surface area contributed by atoms with E-state index in [2.05, 4.69) is 0 Å². The van der Waals surface area contributed by atoms with Crippen LogP contribution in [0.25, 0.3) is 0 Å². The molecule has 0 aliphatic rings. The number of carboxylic acids is 1. The summed E-state index contributed by atoms with van der Waals surface area (Å²) in [6, 6.07) is 7.20. The van der Waals surface area contributed by atoms with Crippen LogP contribution in [0, 0.1) is 6.92 Å². The molecule has 0 saturated heterocycles. The minimum absolute atomic E-state index is 0.110. The minimum atomic E-state index is -4.65. The highest BCUT2D eigenvalue weighted by atomic mass is 35.5. The van der Waals surface area contributed by atoms with Crippen LogP contribution >= 0.6 is 23.4 Å². The molecule has 2 rings (SSSR count). The summed E-state index contributed by atoms with van der Waals surface area (Å²) in [5.74, 6) is -0.722. The van der Waals surface area contributed by atoms with E-state index in [-0.39, 0.29) is 6.54 Å². The Hall–Kier alpha value is -1.95. The number of hydrogen-bond donors (Lipinski definition) is 1. The zero-order chi connectivity index (χ0) is 25.9. The second kappa shape index (κ2) is 10.8. The van der Waals surface area contributed by atoms with Crippen LogP contribution in [0.5, 0.6) is 5.75 Å². The van der Waals surface area contributed by atoms with Crippen molar-refractivity contribution in [1.29, 1.82) is 0 Å². The monoisotopic (exact) mass is 539 g/mol. The smallest absolute Gasteiger partial charge is 0.416 e. The summed E-state index contributed by atoms with van der Waals surface area (Å²) in [6.45, 7) is 6.51. The number of alkyl halides is 3. The summed E-state index contributed by atoms with van der Waals surface area (Å²) in [6.07, 6.45) is -4.19. The van der Waals surface area contributed by atoms with Gasteiger partial charge in [0.05, 0.1) is 15.5 Å². The van der Waals surface area contributed by atoms with Crippen molar-refractivity contribution in [2.24, 2.45) is 0 Å². The van der Waals surface area contributed by atoms with E-state index < -0.39 is 49.1 Å². The Balaban J connectivity index is 2.39. The van der Waals surface area contributed by atoms with Crippen LogP contribution in [0.2, 0.25) is 5.02 Å². The Kier molecular flexibility index (Phi) is 8.95. The van der Waals surface area contributed by atoms with Gasteiger partial charge in [0.25, 0.3) is 0 Å². The van der Waals surface area contributed by atoms with Crippen LogP contribution < -0.4 is 4.74 Å². The molecule has 1 N–H and O–H groups in total. The first-order valence-corrected chi connectivity index (χ1v) is 12.8. The van der Waals surface area contributed by atoms with Gasteiger partial charge < -0.3 is 9.84 Å². The van der Waals surface area contributed by atoms with E-state index in [0.717, 1.165) is 6.07 Å². The predicted molar refractivity (Wildman–Crippen MR) is 125 cm³/mol. The number of ether oxygens (including phenoxy) is 1. The molecule has 0 atom stereocenters. The summed E-state index contributed by atoms with van der Waals surface area (Å²) in [5.41, 5.74) is -0.370. The molecular formula is C22H25ClF3NO5S2. The molecule has 0 heterocycles. The Morgan fingerprint density at radius 2 is 1.82 bits per heavy atom. The average Bonchev–Trinajstić information content (AvgIpc) is 2.69. The summed E-state index contributed by atoms with van der Waals surface area (Å²) in [4.78, 5) is 9.97. The standard InChI is InChI=1S/C22H25ClF3NO5S2/c1-5-10-27(34(30,31)19-9-6-15(12-17(19)23)22(24,25)26)21(3,4)33-16-7-8-18(14(2)11-16)32-13-20(28)29/h6-9,11-12H,5,10,13H2,1-4H3,(H,28,29).